The van der Waals surface area contributed by atoms with Crippen molar-refractivity contribution in [3.8, 4) is 23.1 Å². The summed E-state index contributed by atoms with van der Waals surface area (Å²) in [5.74, 6) is 8.25. The van der Waals surface area contributed by atoms with Crippen LogP contribution in [0.2, 0.25) is 0 Å². The molecule has 290 valence electrons. The number of imidazole rings is 2. The van der Waals surface area contributed by atoms with Gasteiger partial charge in [0, 0.05) is 37.1 Å². The molecule has 0 unspecified atom stereocenters. The van der Waals surface area contributed by atoms with Gasteiger partial charge in [-0.15, -0.1) is 0 Å². The lowest BCUT2D eigenvalue weighted by atomic mass is 9.91. The van der Waals surface area contributed by atoms with E-state index in [-0.39, 0.29) is 75.6 Å². The second-order valence-electron chi connectivity index (χ2n) is 16.6. The molecule has 10 nitrogen and oxygen atoms in total. The molecule has 2 aromatic carbocycles. The Morgan fingerprint density at radius 3 is 2.33 bits per heavy atom. The lowest BCUT2D eigenvalue weighted by Crippen LogP contribution is -2.37. The largest absolute Gasteiger partial charge is 0.444 e. The van der Waals surface area contributed by atoms with Crippen LogP contribution >= 0.6 is 40.5 Å². The molecule has 7 rings (SSSR count). The first kappa shape index (κ1) is 42.9. The Morgan fingerprint density at radius 2 is 1.67 bits per heavy atom. The van der Waals surface area contributed by atoms with Crippen molar-refractivity contribution in [3.05, 3.63) is 83.6 Å². The van der Waals surface area contributed by atoms with Gasteiger partial charge in [0.05, 0.1) is 47.2 Å². The van der Waals surface area contributed by atoms with Crippen LogP contribution in [0, 0.1) is 17.3 Å². The second-order valence-corrected chi connectivity index (χ2v) is 16.6. The van der Waals surface area contributed by atoms with Crippen molar-refractivity contribution in [2.45, 2.75) is 96.9 Å². The Balaban J connectivity index is 0.00000217. The van der Waals surface area contributed by atoms with Crippen molar-refractivity contribution in [3.63, 3.8) is 0 Å². The SMILES string of the molecule is C=C1C[C@@H](c2ncc(-c3ccc(C#Cc4ccc5nc([C@@H]6C[C@@]7(CCCO7)CN6C(=O)CC(C)(C)C)[nH]c5c4)cc3)[nH]2)N(C(=O)OC(C)(C)C)C1.S.S.S. The number of benzene rings is 2. The molecule has 4 aromatic rings. The molecule has 2 amide bonds. The van der Waals surface area contributed by atoms with Gasteiger partial charge in [-0.1, -0.05) is 56.9 Å². The number of carbonyl (C=O) groups is 2. The summed E-state index contributed by atoms with van der Waals surface area (Å²) in [5, 5.41) is 0. The molecular weight excluding hydrogens is 737 g/mol. The summed E-state index contributed by atoms with van der Waals surface area (Å²) in [4.78, 5) is 46.6. The Kier molecular flexibility index (Phi) is 13.1. The highest BCUT2D eigenvalue weighted by Gasteiger charge is 2.50. The van der Waals surface area contributed by atoms with Crippen molar-refractivity contribution >= 4 is 63.5 Å². The number of aromatic amines is 2. The average molecular weight is 791 g/mol. The molecule has 2 N–H and O–H groups in total. The summed E-state index contributed by atoms with van der Waals surface area (Å²) in [6.07, 6.45) is 5.30. The van der Waals surface area contributed by atoms with Crippen LogP contribution in [0.3, 0.4) is 0 Å². The van der Waals surface area contributed by atoms with Gasteiger partial charge in [-0.05, 0) is 81.3 Å². The average Bonchev–Trinajstić information content (AvgIpc) is 3.89. The molecule has 3 aliphatic heterocycles. The number of rotatable bonds is 4. The fourth-order valence-electron chi connectivity index (χ4n) is 7.40. The topological polar surface area (TPSA) is 116 Å². The Bertz CT molecular complexity index is 2040. The summed E-state index contributed by atoms with van der Waals surface area (Å²) < 4.78 is 11.9. The maximum absolute atomic E-state index is 13.5. The van der Waals surface area contributed by atoms with Crippen LogP contribution in [0.5, 0.6) is 0 Å². The minimum atomic E-state index is -0.583. The first-order valence-electron chi connectivity index (χ1n) is 17.9. The van der Waals surface area contributed by atoms with Crippen LogP contribution in [-0.4, -0.2) is 72.6 Å². The van der Waals surface area contributed by atoms with Crippen LogP contribution in [0.15, 0.2) is 60.8 Å². The molecule has 3 atom stereocenters. The number of H-pyrrole nitrogens is 2. The first-order chi connectivity index (χ1) is 24.1. The monoisotopic (exact) mass is 790 g/mol. The molecule has 0 bridgehead atoms. The van der Waals surface area contributed by atoms with Crippen molar-refractivity contribution in [2.75, 3.05) is 19.7 Å². The lowest BCUT2D eigenvalue weighted by Gasteiger charge is -2.27. The zero-order valence-electron chi connectivity index (χ0n) is 32.1. The number of hydrogen-bond donors (Lipinski definition) is 2. The molecule has 3 saturated heterocycles. The molecule has 5 heterocycles. The maximum Gasteiger partial charge on any atom is 0.411 e. The van der Waals surface area contributed by atoms with E-state index in [0.717, 1.165) is 70.7 Å². The third kappa shape index (κ3) is 9.51. The number of carbonyl (C=O) groups excluding carboxylic acids is 2. The van der Waals surface area contributed by atoms with E-state index < -0.39 is 5.60 Å². The number of amides is 2. The number of fused-ring (bicyclic) bond motifs is 1. The zero-order chi connectivity index (χ0) is 36.1. The lowest BCUT2D eigenvalue weighted by molar-refractivity contribution is -0.135. The van der Waals surface area contributed by atoms with E-state index in [4.69, 9.17) is 14.5 Å². The third-order valence-electron chi connectivity index (χ3n) is 9.74. The molecule has 0 saturated carbocycles. The summed E-state index contributed by atoms with van der Waals surface area (Å²) in [6, 6.07) is 13.6. The molecule has 3 fully saturated rings. The third-order valence-corrected chi connectivity index (χ3v) is 9.74. The number of hydrogen-bond acceptors (Lipinski definition) is 6. The van der Waals surface area contributed by atoms with Crippen molar-refractivity contribution in [1.29, 1.82) is 0 Å². The van der Waals surface area contributed by atoms with Gasteiger partial charge in [0.25, 0.3) is 0 Å². The van der Waals surface area contributed by atoms with Gasteiger partial charge in [-0.3, -0.25) is 9.69 Å². The molecule has 3 aliphatic rings. The fraction of sp³-hybridized carbons (Fsp3) is 0.463. The summed E-state index contributed by atoms with van der Waals surface area (Å²) in [6.45, 7) is 17.8. The van der Waals surface area contributed by atoms with E-state index in [0.29, 0.717) is 31.8 Å². The van der Waals surface area contributed by atoms with Gasteiger partial charge >= 0.3 is 6.09 Å². The van der Waals surface area contributed by atoms with E-state index in [1.165, 1.54) is 0 Å². The quantitative estimate of drug-likeness (QED) is 0.159. The molecule has 0 radical (unpaired) electrons. The summed E-state index contributed by atoms with van der Waals surface area (Å²) >= 11 is 0. The minimum Gasteiger partial charge on any atom is -0.444 e. The van der Waals surface area contributed by atoms with Crippen LogP contribution in [0.4, 0.5) is 4.79 Å². The zero-order valence-corrected chi connectivity index (χ0v) is 35.1. The highest BCUT2D eigenvalue weighted by Crippen LogP contribution is 2.45. The normalized spacial score (nSPS) is 21.0. The van der Waals surface area contributed by atoms with E-state index in [1.54, 1.807) is 11.1 Å². The number of ether oxygens (including phenoxy) is 2. The molecule has 2 aromatic heterocycles. The number of nitrogens with zero attached hydrogens (tertiary/aromatic N) is 4. The van der Waals surface area contributed by atoms with E-state index in [1.807, 2.05) is 68.1 Å². The van der Waals surface area contributed by atoms with Crippen molar-refractivity contribution in [1.82, 2.24) is 29.7 Å². The van der Waals surface area contributed by atoms with E-state index in [9.17, 15) is 9.59 Å². The smallest absolute Gasteiger partial charge is 0.411 e. The van der Waals surface area contributed by atoms with Crippen LogP contribution in [0.25, 0.3) is 22.3 Å². The van der Waals surface area contributed by atoms with Crippen molar-refractivity contribution in [2.24, 2.45) is 5.41 Å². The number of aromatic nitrogens is 4. The summed E-state index contributed by atoms with van der Waals surface area (Å²) in [7, 11) is 0. The van der Waals surface area contributed by atoms with Gasteiger partial charge in [-0.25, -0.2) is 14.8 Å². The molecule has 54 heavy (non-hydrogen) atoms. The highest BCUT2D eigenvalue weighted by molar-refractivity contribution is 7.59. The number of nitrogens with one attached hydrogen (secondary N) is 2. The van der Waals surface area contributed by atoms with Gasteiger partial charge in [0.15, 0.2) is 0 Å². The predicted octanol–water partition coefficient (Wildman–Crippen LogP) is 8.19. The van der Waals surface area contributed by atoms with Gasteiger partial charge in [0.1, 0.15) is 17.2 Å². The van der Waals surface area contributed by atoms with Gasteiger partial charge in [-0.2, -0.15) is 40.5 Å². The first-order valence-corrected chi connectivity index (χ1v) is 17.9. The minimum absolute atomic E-state index is 0. The Morgan fingerprint density at radius 1 is 0.963 bits per heavy atom. The molecule has 0 aliphatic carbocycles. The van der Waals surface area contributed by atoms with Crippen molar-refractivity contribution < 1.29 is 19.1 Å². The van der Waals surface area contributed by atoms with Gasteiger partial charge < -0.3 is 24.3 Å². The second kappa shape index (κ2) is 16.5. The Labute approximate surface area is 339 Å². The standard InChI is InChI=1S/C41H48N6O4.3H2S/c1-26-19-33(46(24-26)38(49)51-40(5,6)7)36-42-23-32(45-36)29-14-11-27(12-15-29)9-10-28-13-16-30-31(20-28)44-37(43-30)34-21-41(17-8-18-50-41)25-47(34)35(48)22-39(2,3)4;;;/h11-16,20,23,33-34H,1,8,17-19,21-22,24-25H2,2-7H3,(H,42,45)(H,43,44);3*1H2/t33-,34-,41-;;;/m0.../s1. The molecule has 1 spiro atoms. The van der Waals surface area contributed by atoms with Crippen LogP contribution in [-0.2, 0) is 14.3 Å². The highest BCUT2D eigenvalue weighted by atomic mass is 32.1. The Hall–Kier alpha value is -3.83. The van der Waals surface area contributed by atoms with Gasteiger partial charge in [0.2, 0.25) is 5.91 Å². The van der Waals surface area contributed by atoms with Crippen LogP contribution in [0.1, 0.15) is 109 Å². The predicted molar refractivity (Wildman–Crippen MR) is 228 cm³/mol. The van der Waals surface area contributed by atoms with E-state index >= 15 is 0 Å². The summed E-state index contributed by atoms with van der Waals surface area (Å²) in [5.41, 5.74) is 5.34. The van der Waals surface area contributed by atoms with Crippen LogP contribution < -0.4 is 0 Å². The fourth-order valence-corrected chi connectivity index (χ4v) is 7.40. The number of likely N-dealkylation sites (tertiary alicyclic amines) is 2. The molecular formula is C41H54N6O4S3. The molecule has 13 heteroatoms. The maximum atomic E-state index is 13.5. The van der Waals surface area contributed by atoms with E-state index in [2.05, 4.69) is 54.1 Å².